The molecule has 4 nitrogen and oxygen atoms in total. The van der Waals surface area contributed by atoms with E-state index in [1.165, 1.54) is 5.69 Å². The van der Waals surface area contributed by atoms with Crippen molar-refractivity contribution >= 4 is 11.6 Å². The fourth-order valence-electron chi connectivity index (χ4n) is 1.78. The van der Waals surface area contributed by atoms with Crippen LogP contribution in [0, 0.1) is 6.92 Å². The van der Waals surface area contributed by atoms with Gasteiger partial charge in [-0.1, -0.05) is 12.1 Å². The van der Waals surface area contributed by atoms with Crippen molar-refractivity contribution in [3.8, 4) is 11.3 Å². The molecular formula is C13H18N4. The van der Waals surface area contributed by atoms with E-state index >= 15 is 0 Å². The smallest absolute Gasteiger partial charge is 0.200 e. The molecule has 1 heterocycles. The summed E-state index contributed by atoms with van der Waals surface area (Å²) in [6.07, 6.45) is 0. The number of aromatic nitrogens is 2. The fraction of sp³-hybridized carbons (Fsp3) is 0.308. The molecule has 2 N–H and O–H groups in total. The van der Waals surface area contributed by atoms with E-state index < -0.39 is 0 Å². The minimum Gasteiger partial charge on any atom is -0.378 e. The first kappa shape index (κ1) is 11.5. The second kappa shape index (κ2) is 4.49. The Kier molecular flexibility index (Phi) is 3.04. The first-order valence-corrected chi connectivity index (χ1v) is 5.64. The molecule has 0 saturated heterocycles. The van der Waals surface area contributed by atoms with E-state index in [4.69, 9.17) is 0 Å². The van der Waals surface area contributed by atoms with Gasteiger partial charge in [-0.25, -0.2) is 4.98 Å². The van der Waals surface area contributed by atoms with Crippen LogP contribution in [0.1, 0.15) is 5.69 Å². The van der Waals surface area contributed by atoms with E-state index in [9.17, 15) is 0 Å². The zero-order chi connectivity index (χ0) is 12.4. The summed E-state index contributed by atoms with van der Waals surface area (Å²) in [5.41, 5.74) is 4.40. The van der Waals surface area contributed by atoms with Crippen LogP contribution < -0.4 is 10.2 Å². The quantitative estimate of drug-likeness (QED) is 0.851. The summed E-state index contributed by atoms with van der Waals surface area (Å²) in [6.45, 7) is 2.03. The number of nitrogens with zero attached hydrogens (tertiary/aromatic N) is 2. The van der Waals surface area contributed by atoms with Crippen molar-refractivity contribution in [2.75, 3.05) is 31.4 Å². The SMILES string of the molecule is CNc1nc(-c2ccc(N(C)C)cc2)c(C)[nH]1. The Hall–Kier alpha value is -1.97. The number of imidazole rings is 1. The molecular weight excluding hydrogens is 212 g/mol. The lowest BCUT2D eigenvalue weighted by Crippen LogP contribution is -2.07. The highest BCUT2D eigenvalue weighted by atomic mass is 15.1. The average Bonchev–Trinajstić information content (AvgIpc) is 2.71. The van der Waals surface area contributed by atoms with E-state index in [2.05, 4.69) is 44.5 Å². The van der Waals surface area contributed by atoms with Crippen LogP contribution in [0.3, 0.4) is 0 Å². The van der Waals surface area contributed by atoms with Crippen LogP contribution >= 0.6 is 0 Å². The average molecular weight is 230 g/mol. The van der Waals surface area contributed by atoms with E-state index in [0.717, 1.165) is 22.9 Å². The first-order chi connectivity index (χ1) is 8.11. The lowest BCUT2D eigenvalue weighted by molar-refractivity contribution is 1.13. The Labute approximate surface area is 102 Å². The molecule has 1 aromatic carbocycles. The van der Waals surface area contributed by atoms with Crippen molar-refractivity contribution in [3.63, 3.8) is 0 Å². The molecule has 0 amide bonds. The Morgan fingerprint density at radius 2 is 1.82 bits per heavy atom. The zero-order valence-corrected chi connectivity index (χ0v) is 10.7. The molecule has 0 fully saturated rings. The van der Waals surface area contributed by atoms with Crippen molar-refractivity contribution in [3.05, 3.63) is 30.0 Å². The van der Waals surface area contributed by atoms with E-state index in [1.807, 2.05) is 28.1 Å². The Morgan fingerprint density at radius 1 is 1.18 bits per heavy atom. The van der Waals surface area contributed by atoms with Crippen molar-refractivity contribution < 1.29 is 0 Å². The number of H-pyrrole nitrogens is 1. The largest absolute Gasteiger partial charge is 0.378 e. The number of nitrogens with one attached hydrogen (secondary N) is 2. The Bertz CT molecular complexity index is 497. The van der Waals surface area contributed by atoms with Gasteiger partial charge in [0.15, 0.2) is 0 Å². The van der Waals surface area contributed by atoms with Crippen molar-refractivity contribution in [1.82, 2.24) is 9.97 Å². The summed E-state index contributed by atoms with van der Waals surface area (Å²) < 4.78 is 0. The molecule has 0 spiro atoms. The minimum atomic E-state index is 0.800. The maximum Gasteiger partial charge on any atom is 0.200 e. The van der Waals surface area contributed by atoms with Crippen molar-refractivity contribution in [1.29, 1.82) is 0 Å². The number of rotatable bonds is 3. The molecule has 0 saturated carbocycles. The molecule has 2 aromatic rings. The van der Waals surface area contributed by atoms with E-state index in [1.54, 1.807) is 0 Å². The molecule has 0 radical (unpaired) electrons. The lowest BCUT2D eigenvalue weighted by Gasteiger charge is -2.12. The monoisotopic (exact) mass is 230 g/mol. The van der Waals surface area contributed by atoms with Crippen molar-refractivity contribution in [2.24, 2.45) is 0 Å². The number of anilines is 2. The molecule has 0 atom stereocenters. The van der Waals surface area contributed by atoms with Gasteiger partial charge in [-0.2, -0.15) is 0 Å². The van der Waals surface area contributed by atoms with E-state index in [0.29, 0.717) is 0 Å². The number of aryl methyl sites for hydroxylation is 1. The van der Waals surface area contributed by atoms with Gasteiger partial charge >= 0.3 is 0 Å². The van der Waals surface area contributed by atoms with Gasteiger partial charge in [0.2, 0.25) is 5.95 Å². The standard InChI is InChI=1S/C13H18N4/c1-9-12(16-13(14-2)15-9)10-5-7-11(8-6-10)17(3)4/h5-8H,1-4H3,(H2,14,15,16). The third-order valence-electron chi connectivity index (χ3n) is 2.78. The summed E-state index contributed by atoms with van der Waals surface area (Å²) in [7, 11) is 5.93. The molecule has 90 valence electrons. The molecule has 17 heavy (non-hydrogen) atoms. The third-order valence-corrected chi connectivity index (χ3v) is 2.78. The minimum absolute atomic E-state index is 0.800. The van der Waals surface area contributed by atoms with Gasteiger partial charge in [0.05, 0.1) is 5.69 Å². The van der Waals surface area contributed by atoms with Crippen LogP contribution in [-0.4, -0.2) is 31.1 Å². The highest BCUT2D eigenvalue weighted by molar-refractivity contribution is 5.66. The summed E-state index contributed by atoms with van der Waals surface area (Å²) in [6, 6.07) is 8.39. The van der Waals surface area contributed by atoms with Gasteiger partial charge in [-0.3, -0.25) is 0 Å². The molecule has 1 aromatic heterocycles. The van der Waals surface area contributed by atoms with Gasteiger partial charge < -0.3 is 15.2 Å². The van der Waals surface area contributed by atoms with Gasteiger partial charge in [0.1, 0.15) is 0 Å². The molecule has 0 aliphatic heterocycles. The number of hydrogen-bond donors (Lipinski definition) is 2. The Morgan fingerprint density at radius 3 is 2.29 bits per heavy atom. The predicted octanol–water partition coefficient (Wildman–Crippen LogP) is 2.49. The normalized spacial score (nSPS) is 10.4. The summed E-state index contributed by atoms with van der Waals surface area (Å²) in [5, 5.41) is 3.01. The van der Waals surface area contributed by atoms with Gasteiger partial charge in [-0.05, 0) is 19.1 Å². The molecule has 0 unspecified atom stereocenters. The first-order valence-electron chi connectivity index (χ1n) is 5.64. The highest BCUT2D eigenvalue weighted by Gasteiger charge is 2.08. The van der Waals surface area contributed by atoms with Crippen LogP contribution in [0.25, 0.3) is 11.3 Å². The van der Waals surface area contributed by atoms with Crippen LogP contribution in [0.4, 0.5) is 11.6 Å². The molecule has 4 heteroatoms. The number of hydrogen-bond acceptors (Lipinski definition) is 3. The van der Waals surface area contributed by atoms with Crippen LogP contribution in [0.5, 0.6) is 0 Å². The zero-order valence-electron chi connectivity index (χ0n) is 10.7. The number of benzene rings is 1. The second-order valence-corrected chi connectivity index (χ2v) is 4.25. The summed E-state index contributed by atoms with van der Waals surface area (Å²) in [5.74, 6) is 0.800. The van der Waals surface area contributed by atoms with Crippen LogP contribution in [0.15, 0.2) is 24.3 Å². The Balaban J connectivity index is 2.36. The molecule has 0 bridgehead atoms. The van der Waals surface area contributed by atoms with Crippen molar-refractivity contribution in [2.45, 2.75) is 6.92 Å². The van der Waals surface area contributed by atoms with Crippen LogP contribution in [0.2, 0.25) is 0 Å². The number of aromatic amines is 1. The molecule has 0 aliphatic carbocycles. The van der Waals surface area contributed by atoms with Gasteiger partial charge in [0.25, 0.3) is 0 Å². The molecule has 0 aliphatic rings. The maximum atomic E-state index is 4.49. The predicted molar refractivity (Wildman–Crippen MR) is 72.6 cm³/mol. The molecule has 2 rings (SSSR count). The second-order valence-electron chi connectivity index (χ2n) is 4.25. The topological polar surface area (TPSA) is 44.0 Å². The lowest BCUT2D eigenvalue weighted by atomic mass is 10.1. The summed E-state index contributed by atoms with van der Waals surface area (Å²) >= 11 is 0. The van der Waals surface area contributed by atoms with E-state index in [-0.39, 0.29) is 0 Å². The summed E-state index contributed by atoms with van der Waals surface area (Å²) in [4.78, 5) is 9.77. The highest BCUT2D eigenvalue weighted by Crippen LogP contribution is 2.24. The fourth-order valence-corrected chi connectivity index (χ4v) is 1.78. The third kappa shape index (κ3) is 2.25. The van der Waals surface area contributed by atoms with Gasteiger partial charge in [0, 0.05) is 38.1 Å². The maximum absolute atomic E-state index is 4.49. The van der Waals surface area contributed by atoms with Crippen LogP contribution in [-0.2, 0) is 0 Å². The van der Waals surface area contributed by atoms with Gasteiger partial charge in [-0.15, -0.1) is 0 Å².